The predicted octanol–water partition coefficient (Wildman–Crippen LogP) is 3.28. The van der Waals surface area contributed by atoms with E-state index in [2.05, 4.69) is 49.2 Å². The van der Waals surface area contributed by atoms with Crippen LogP contribution >= 0.6 is 0 Å². The molecule has 1 atom stereocenters. The highest BCUT2D eigenvalue weighted by Gasteiger charge is 2.39. The maximum absolute atomic E-state index is 9.96. The minimum absolute atomic E-state index is 0.271. The highest BCUT2D eigenvalue weighted by molar-refractivity contribution is 5.32. The lowest BCUT2D eigenvalue weighted by Crippen LogP contribution is -2.53. The molecule has 3 nitrogen and oxygen atoms in total. The Balaban J connectivity index is 2.28. The third kappa shape index (κ3) is 4.06. The van der Waals surface area contributed by atoms with Crippen LogP contribution in [0.25, 0.3) is 0 Å². The average molecular weight is 285 g/mol. The van der Waals surface area contributed by atoms with Gasteiger partial charge in [-0.05, 0) is 45.2 Å². The van der Waals surface area contributed by atoms with E-state index >= 15 is 0 Å². The second-order valence-corrected chi connectivity index (χ2v) is 6.38. The molecule has 0 aromatic heterocycles. The second-order valence-electron chi connectivity index (χ2n) is 6.38. The summed E-state index contributed by atoms with van der Waals surface area (Å²) in [4.78, 5) is 2.49. The van der Waals surface area contributed by atoms with Gasteiger partial charge in [0.25, 0.3) is 0 Å². The lowest BCUT2D eigenvalue weighted by molar-refractivity contribution is 0.195. The zero-order valence-corrected chi connectivity index (χ0v) is 13.5. The fourth-order valence-corrected chi connectivity index (χ4v) is 2.99. The molecule has 1 aromatic carbocycles. The molecule has 0 bridgehead atoms. The molecular weight excluding hydrogens is 258 g/mol. The molecule has 1 unspecified atom stereocenters. The van der Waals surface area contributed by atoms with Crippen LogP contribution in [0.3, 0.4) is 0 Å². The van der Waals surface area contributed by atoms with Gasteiger partial charge in [0.2, 0.25) is 0 Å². The third-order valence-electron chi connectivity index (χ3n) is 4.01. The molecule has 1 aliphatic carbocycles. The summed E-state index contributed by atoms with van der Waals surface area (Å²) in [5, 5.41) is 13.5. The molecule has 0 heterocycles. The number of nitrogens with zero attached hydrogens (tertiary/aromatic N) is 2. The van der Waals surface area contributed by atoms with Gasteiger partial charge in [0.05, 0.1) is 6.07 Å². The molecule has 114 valence electrons. The van der Waals surface area contributed by atoms with Gasteiger partial charge in [-0.15, -0.1) is 0 Å². The SMILES string of the molecule is CCCN(CC(C#N)(NC(C)C)c1ccccc1)C1CC1. The van der Waals surface area contributed by atoms with Crippen LogP contribution in [0.5, 0.6) is 0 Å². The van der Waals surface area contributed by atoms with E-state index in [1.165, 1.54) is 12.8 Å². The van der Waals surface area contributed by atoms with Gasteiger partial charge in [-0.25, -0.2) is 0 Å². The van der Waals surface area contributed by atoms with E-state index in [-0.39, 0.29) is 6.04 Å². The molecule has 0 spiro atoms. The Bertz CT molecular complexity index is 473. The summed E-state index contributed by atoms with van der Waals surface area (Å²) in [5.41, 5.74) is 0.454. The molecule has 1 saturated carbocycles. The summed E-state index contributed by atoms with van der Waals surface area (Å²) in [7, 11) is 0. The van der Waals surface area contributed by atoms with Gasteiger partial charge in [-0.2, -0.15) is 5.26 Å². The summed E-state index contributed by atoms with van der Waals surface area (Å²) in [5.74, 6) is 0. The molecule has 1 fully saturated rings. The quantitative estimate of drug-likeness (QED) is 0.796. The van der Waals surface area contributed by atoms with Gasteiger partial charge in [-0.3, -0.25) is 10.2 Å². The zero-order chi connectivity index (χ0) is 15.3. The number of hydrogen-bond acceptors (Lipinski definition) is 3. The number of nitrogens with one attached hydrogen (secondary N) is 1. The highest BCUT2D eigenvalue weighted by Crippen LogP contribution is 2.31. The molecule has 2 rings (SSSR count). The van der Waals surface area contributed by atoms with E-state index in [9.17, 15) is 5.26 Å². The van der Waals surface area contributed by atoms with Gasteiger partial charge in [0.15, 0.2) is 0 Å². The first-order valence-electron chi connectivity index (χ1n) is 8.10. The molecule has 1 aliphatic rings. The predicted molar refractivity (Wildman–Crippen MR) is 86.9 cm³/mol. The number of hydrogen-bond donors (Lipinski definition) is 1. The lowest BCUT2D eigenvalue weighted by atomic mass is 9.89. The van der Waals surface area contributed by atoms with Gasteiger partial charge in [0, 0.05) is 18.6 Å². The van der Waals surface area contributed by atoms with E-state index < -0.39 is 5.54 Å². The van der Waals surface area contributed by atoms with Gasteiger partial charge in [-0.1, -0.05) is 37.3 Å². The van der Waals surface area contributed by atoms with Crippen LogP contribution in [-0.4, -0.2) is 30.1 Å². The Morgan fingerprint density at radius 3 is 2.48 bits per heavy atom. The molecule has 21 heavy (non-hydrogen) atoms. The molecule has 1 aromatic rings. The molecule has 0 saturated heterocycles. The van der Waals surface area contributed by atoms with Crippen LogP contribution < -0.4 is 5.32 Å². The Labute approximate surface area is 129 Å². The maximum Gasteiger partial charge on any atom is 0.145 e. The van der Waals surface area contributed by atoms with E-state index in [0.29, 0.717) is 6.04 Å². The first-order valence-corrected chi connectivity index (χ1v) is 8.10. The van der Waals surface area contributed by atoms with Crippen LogP contribution in [0.4, 0.5) is 0 Å². The number of rotatable bonds is 8. The Kier molecular flexibility index (Phi) is 5.39. The van der Waals surface area contributed by atoms with Crippen molar-refractivity contribution in [3.05, 3.63) is 35.9 Å². The highest BCUT2D eigenvalue weighted by atomic mass is 15.2. The molecule has 1 N–H and O–H groups in total. The zero-order valence-electron chi connectivity index (χ0n) is 13.5. The van der Waals surface area contributed by atoms with Crippen molar-refractivity contribution in [2.24, 2.45) is 0 Å². The van der Waals surface area contributed by atoms with Crippen LogP contribution in [0.1, 0.15) is 45.6 Å². The van der Waals surface area contributed by atoms with Crippen molar-refractivity contribution in [1.29, 1.82) is 5.26 Å². The Morgan fingerprint density at radius 2 is 2.00 bits per heavy atom. The van der Waals surface area contributed by atoms with Crippen molar-refractivity contribution < 1.29 is 0 Å². The van der Waals surface area contributed by atoms with E-state index in [1.54, 1.807) is 0 Å². The fourth-order valence-electron chi connectivity index (χ4n) is 2.99. The van der Waals surface area contributed by atoms with Crippen molar-refractivity contribution in [3.63, 3.8) is 0 Å². The van der Waals surface area contributed by atoms with E-state index in [0.717, 1.165) is 25.1 Å². The Morgan fingerprint density at radius 1 is 1.33 bits per heavy atom. The third-order valence-corrected chi connectivity index (χ3v) is 4.01. The number of nitriles is 1. The van der Waals surface area contributed by atoms with Gasteiger partial charge >= 0.3 is 0 Å². The molecule has 0 amide bonds. The number of benzene rings is 1. The van der Waals surface area contributed by atoms with Gasteiger partial charge < -0.3 is 0 Å². The molecule has 0 aliphatic heterocycles. The van der Waals surface area contributed by atoms with Crippen LogP contribution in [0.2, 0.25) is 0 Å². The summed E-state index contributed by atoms with van der Waals surface area (Å²) < 4.78 is 0. The normalized spacial score (nSPS) is 17.7. The van der Waals surface area contributed by atoms with Crippen molar-refractivity contribution in [1.82, 2.24) is 10.2 Å². The molecule has 0 radical (unpaired) electrons. The van der Waals surface area contributed by atoms with Crippen molar-refractivity contribution in [3.8, 4) is 6.07 Å². The maximum atomic E-state index is 9.96. The van der Waals surface area contributed by atoms with E-state index in [4.69, 9.17) is 0 Å². The Hall–Kier alpha value is -1.37. The van der Waals surface area contributed by atoms with Crippen molar-refractivity contribution in [2.75, 3.05) is 13.1 Å². The minimum atomic E-state index is -0.618. The average Bonchev–Trinajstić information content (AvgIpc) is 3.31. The van der Waals surface area contributed by atoms with Crippen molar-refractivity contribution >= 4 is 0 Å². The standard InChI is InChI=1S/C18H27N3/c1-4-12-21(17-10-11-17)14-18(13-19,20-15(2)3)16-8-6-5-7-9-16/h5-9,15,17,20H,4,10-12,14H2,1-3H3. The summed E-state index contributed by atoms with van der Waals surface area (Å²) in [6.07, 6.45) is 3.68. The van der Waals surface area contributed by atoms with Gasteiger partial charge in [0.1, 0.15) is 5.54 Å². The van der Waals surface area contributed by atoms with Crippen LogP contribution in [0.15, 0.2) is 30.3 Å². The lowest BCUT2D eigenvalue weighted by Gasteiger charge is -2.36. The molecule has 3 heteroatoms. The summed E-state index contributed by atoms with van der Waals surface area (Å²) >= 11 is 0. The first-order chi connectivity index (χ1) is 10.1. The van der Waals surface area contributed by atoms with Crippen LogP contribution in [0, 0.1) is 11.3 Å². The molecular formula is C18H27N3. The monoisotopic (exact) mass is 285 g/mol. The fraction of sp³-hybridized carbons (Fsp3) is 0.611. The largest absolute Gasteiger partial charge is 0.297 e. The first kappa shape index (κ1) is 16.0. The van der Waals surface area contributed by atoms with Crippen LogP contribution in [-0.2, 0) is 5.54 Å². The van der Waals surface area contributed by atoms with E-state index in [1.807, 2.05) is 18.2 Å². The smallest absolute Gasteiger partial charge is 0.145 e. The van der Waals surface area contributed by atoms with Crippen molar-refractivity contribution in [2.45, 2.75) is 57.7 Å². The minimum Gasteiger partial charge on any atom is -0.297 e. The second kappa shape index (κ2) is 7.06. The summed E-state index contributed by atoms with van der Waals surface area (Å²) in [6, 6.07) is 13.7. The summed E-state index contributed by atoms with van der Waals surface area (Å²) in [6.45, 7) is 8.26. The topological polar surface area (TPSA) is 39.1 Å².